The highest BCUT2D eigenvalue weighted by atomic mass is 32.1. The van der Waals surface area contributed by atoms with Crippen LogP contribution in [0.25, 0.3) is 0 Å². The zero-order valence-corrected chi connectivity index (χ0v) is 16.4. The molecular formula is C19H27N5OS. The maximum Gasteiger partial charge on any atom is 0.220 e. The average molecular weight is 374 g/mol. The summed E-state index contributed by atoms with van der Waals surface area (Å²) in [7, 11) is 0. The molecule has 140 valence electrons. The van der Waals surface area contributed by atoms with Gasteiger partial charge in [0.25, 0.3) is 0 Å². The predicted molar refractivity (Wildman–Crippen MR) is 103 cm³/mol. The number of carbonyl (C=O) groups is 1. The second-order valence-electron chi connectivity index (χ2n) is 7.42. The smallest absolute Gasteiger partial charge is 0.220 e. The predicted octanol–water partition coefficient (Wildman–Crippen LogP) is 3.13. The fourth-order valence-corrected chi connectivity index (χ4v) is 4.35. The molecule has 2 atom stereocenters. The van der Waals surface area contributed by atoms with Crippen molar-refractivity contribution >= 4 is 17.2 Å². The first kappa shape index (κ1) is 19.0. The molecule has 0 aromatic carbocycles. The van der Waals surface area contributed by atoms with Crippen LogP contribution in [0.3, 0.4) is 0 Å². The van der Waals surface area contributed by atoms with Crippen LogP contribution in [0.4, 0.5) is 0 Å². The summed E-state index contributed by atoms with van der Waals surface area (Å²) >= 11 is 1.72. The minimum atomic E-state index is -0.370. The first-order valence-corrected chi connectivity index (χ1v) is 10.2. The van der Waals surface area contributed by atoms with Gasteiger partial charge in [-0.2, -0.15) is 10.2 Å². The van der Waals surface area contributed by atoms with Gasteiger partial charge in [-0.05, 0) is 19.3 Å². The number of carbonyl (C=O) groups excluding carboxylic acids is 1. The molecule has 2 unspecified atom stereocenters. The summed E-state index contributed by atoms with van der Waals surface area (Å²) in [5.41, 5.74) is 2.67. The molecule has 0 saturated carbocycles. The third-order valence-corrected chi connectivity index (χ3v) is 6.27. The Morgan fingerprint density at radius 1 is 1.50 bits per heavy atom. The number of likely N-dealkylation sites (tertiary alicyclic amines) is 1. The number of thiazole rings is 1. The van der Waals surface area contributed by atoms with Gasteiger partial charge < -0.3 is 5.32 Å². The molecule has 0 aliphatic carbocycles. The van der Waals surface area contributed by atoms with Gasteiger partial charge in [0.05, 0.1) is 11.2 Å². The number of amides is 1. The molecule has 1 aromatic heterocycles. The lowest BCUT2D eigenvalue weighted by Gasteiger charge is -2.37. The lowest BCUT2D eigenvalue weighted by Crippen LogP contribution is -2.49. The molecule has 26 heavy (non-hydrogen) atoms. The third kappa shape index (κ3) is 4.89. The van der Waals surface area contributed by atoms with Gasteiger partial charge in [-0.25, -0.2) is 4.98 Å². The summed E-state index contributed by atoms with van der Waals surface area (Å²) in [4.78, 5) is 20.5. The number of piperidine rings is 1. The van der Waals surface area contributed by atoms with Gasteiger partial charge in [-0.1, -0.05) is 6.92 Å². The van der Waals surface area contributed by atoms with Crippen molar-refractivity contribution in [2.75, 3.05) is 13.1 Å². The monoisotopic (exact) mass is 373 g/mol. The number of aryl methyl sites for hydroxylation is 1. The summed E-state index contributed by atoms with van der Waals surface area (Å²) in [6.45, 7) is 7.25. The van der Waals surface area contributed by atoms with Gasteiger partial charge in [0, 0.05) is 56.2 Å². The van der Waals surface area contributed by atoms with Crippen LogP contribution in [-0.4, -0.2) is 40.6 Å². The maximum absolute atomic E-state index is 12.3. The Morgan fingerprint density at radius 2 is 2.31 bits per heavy atom. The fourth-order valence-electron chi connectivity index (χ4n) is 3.53. The highest BCUT2D eigenvalue weighted by Gasteiger charge is 2.39. The molecule has 1 saturated heterocycles. The molecule has 3 heterocycles. The Hall–Kier alpha value is -1.78. The molecule has 7 heteroatoms. The molecule has 6 nitrogen and oxygen atoms in total. The summed E-state index contributed by atoms with van der Waals surface area (Å²) in [6, 6.07) is 0.246. The molecule has 1 N–H and O–H groups in total. The van der Waals surface area contributed by atoms with Crippen molar-refractivity contribution < 1.29 is 4.79 Å². The number of hydrogen-bond acceptors (Lipinski definition) is 6. The van der Waals surface area contributed by atoms with E-state index in [2.05, 4.69) is 45.2 Å². The van der Waals surface area contributed by atoms with E-state index >= 15 is 0 Å². The zero-order chi connectivity index (χ0) is 18.6. The van der Waals surface area contributed by atoms with E-state index in [1.807, 2.05) is 5.51 Å². The van der Waals surface area contributed by atoms with Gasteiger partial charge >= 0.3 is 0 Å². The van der Waals surface area contributed by atoms with Crippen molar-refractivity contribution in [2.45, 2.75) is 64.2 Å². The molecule has 1 fully saturated rings. The number of hydrogen-bond donors (Lipinski definition) is 1. The summed E-state index contributed by atoms with van der Waals surface area (Å²) in [6.07, 6.45) is 8.83. The Morgan fingerprint density at radius 3 is 2.92 bits per heavy atom. The lowest BCUT2D eigenvalue weighted by molar-refractivity contribution is -0.122. The second kappa shape index (κ2) is 8.28. The first-order valence-electron chi connectivity index (χ1n) is 9.29. The SMILES string of the molecule is C#CCCC1(CCC(=O)NC2CCN(Cc3scnc3C)CC2C)N=N1. The highest BCUT2D eigenvalue weighted by Crippen LogP contribution is 2.37. The van der Waals surface area contributed by atoms with Crippen LogP contribution in [0, 0.1) is 25.2 Å². The number of terminal acetylenes is 1. The Kier molecular flexibility index (Phi) is 6.05. The van der Waals surface area contributed by atoms with E-state index in [0.29, 0.717) is 25.2 Å². The Bertz CT molecular complexity index is 701. The standard InChI is InChI=1S/C19H27N5OS/c1-4-5-8-19(22-23-19)9-6-18(25)21-16-7-10-24(11-14(16)2)12-17-15(3)20-13-26-17/h1,13-14,16H,5-12H2,2-3H3,(H,21,25). The average Bonchev–Trinajstić information content (AvgIpc) is 3.29. The van der Waals surface area contributed by atoms with E-state index in [1.54, 1.807) is 11.3 Å². The van der Waals surface area contributed by atoms with E-state index in [4.69, 9.17) is 6.42 Å². The van der Waals surface area contributed by atoms with Crippen LogP contribution in [0.2, 0.25) is 0 Å². The van der Waals surface area contributed by atoms with Gasteiger partial charge in [-0.15, -0.1) is 23.7 Å². The normalized spacial score (nSPS) is 24.2. The summed E-state index contributed by atoms with van der Waals surface area (Å²) in [5.74, 6) is 3.16. The molecule has 0 spiro atoms. The van der Waals surface area contributed by atoms with Crippen molar-refractivity contribution in [3.63, 3.8) is 0 Å². The third-order valence-electron chi connectivity index (χ3n) is 5.35. The van der Waals surface area contributed by atoms with Crippen LogP contribution >= 0.6 is 11.3 Å². The summed E-state index contributed by atoms with van der Waals surface area (Å²) in [5, 5.41) is 11.4. The van der Waals surface area contributed by atoms with Gasteiger partial charge in [-0.3, -0.25) is 9.69 Å². The zero-order valence-electron chi connectivity index (χ0n) is 15.6. The van der Waals surface area contributed by atoms with Crippen LogP contribution < -0.4 is 5.32 Å². The van der Waals surface area contributed by atoms with Crippen LogP contribution in [-0.2, 0) is 11.3 Å². The molecule has 1 aromatic rings. The van der Waals surface area contributed by atoms with Gasteiger partial charge in [0.1, 0.15) is 0 Å². The quantitative estimate of drug-likeness (QED) is 0.712. The fraction of sp³-hybridized carbons (Fsp3) is 0.684. The Balaban J connectivity index is 1.40. The first-order chi connectivity index (χ1) is 12.5. The van der Waals surface area contributed by atoms with Gasteiger partial charge in [0.2, 0.25) is 5.91 Å². The second-order valence-corrected chi connectivity index (χ2v) is 8.36. The molecule has 3 rings (SSSR count). The van der Waals surface area contributed by atoms with Crippen LogP contribution in [0.15, 0.2) is 15.7 Å². The van der Waals surface area contributed by atoms with E-state index in [-0.39, 0.29) is 17.6 Å². The molecule has 2 aliphatic rings. The maximum atomic E-state index is 12.3. The van der Waals surface area contributed by atoms with Crippen molar-refractivity contribution in [1.29, 1.82) is 0 Å². The van der Waals surface area contributed by atoms with E-state index in [0.717, 1.165) is 38.2 Å². The molecule has 1 amide bonds. The highest BCUT2D eigenvalue weighted by molar-refractivity contribution is 7.09. The minimum absolute atomic E-state index is 0.103. The molecule has 2 aliphatic heterocycles. The largest absolute Gasteiger partial charge is 0.353 e. The number of rotatable bonds is 8. The van der Waals surface area contributed by atoms with Crippen molar-refractivity contribution in [1.82, 2.24) is 15.2 Å². The number of aromatic nitrogens is 1. The van der Waals surface area contributed by atoms with E-state index in [9.17, 15) is 4.79 Å². The minimum Gasteiger partial charge on any atom is -0.353 e. The van der Waals surface area contributed by atoms with Crippen LogP contribution in [0.1, 0.15) is 49.6 Å². The summed E-state index contributed by atoms with van der Waals surface area (Å²) < 4.78 is 0. The lowest BCUT2D eigenvalue weighted by atomic mass is 9.93. The number of nitrogens with zero attached hydrogens (tertiary/aromatic N) is 4. The molecular weight excluding hydrogens is 346 g/mol. The van der Waals surface area contributed by atoms with Gasteiger partial charge in [0.15, 0.2) is 5.66 Å². The van der Waals surface area contributed by atoms with E-state index in [1.165, 1.54) is 4.88 Å². The van der Waals surface area contributed by atoms with Crippen molar-refractivity contribution in [2.24, 2.45) is 16.1 Å². The number of nitrogens with one attached hydrogen (secondary N) is 1. The van der Waals surface area contributed by atoms with E-state index < -0.39 is 0 Å². The van der Waals surface area contributed by atoms with Crippen molar-refractivity contribution in [3.05, 3.63) is 16.1 Å². The molecule has 0 radical (unpaired) electrons. The van der Waals surface area contributed by atoms with Crippen molar-refractivity contribution in [3.8, 4) is 12.3 Å². The Labute approximate surface area is 159 Å². The van der Waals surface area contributed by atoms with Crippen LogP contribution in [0.5, 0.6) is 0 Å². The molecule has 0 bridgehead atoms. The topological polar surface area (TPSA) is 70.0 Å².